The van der Waals surface area contributed by atoms with Gasteiger partial charge in [0.15, 0.2) is 11.4 Å². The molecule has 17 heavy (non-hydrogen) atoms. The maximum Gasteiger partial charge on any atom is 0.358 e. The van der Waals surface area contributed by atoms with Crippen LogP contribution in [0.4, 0.5) is 0 Å². The molecule has 7 heteroatoms. The van der Waals surface area contributed by atoms with E-state index in [4.69, 9.17) is 9.84 Å². The van der Waals surface area contributed by atoms with Crippen molar-refractivity contribution in [1.82, 2.24) is 14.7 Å². The highest BCUT2D eigenvalue weighted by molar-refractivity contribution is 5.88. The van der Waals surface area contributed by atoms with E-state index in [0.29, 0.717) is 26.3 Å². The average molecular weight is 241 g/mol. The molecule has 2 heterocycles. The van der Waals surface area contributed by atoms with E-state index in [1.807, 2.05) is 0 Å². The van der Waals surface area contributed by atoms with Crippen LogP contribution in [0.1, 0.15) is 10.5 Å². The molecule has 0 aliphatic carbocycles. The van der Waals surface area contributed by atoms with Crippen molar-refractivity contribution in [1.29, 1.82) is 0 Å². The highest BCUT2D eigenvalue weighted by Crippen LogP contribution is 2.15. The Bertz CT molecular complexity index is 398. The highest BCUT2D eigenvalue weighted by atomic mass is 16.5. The second kappa shape index (κ2) is 5.15. The van der Waals surface area contributed by atoms with Crippen LogP contribution in [0.3, 0.4) is 0 Å². The molecule has 0 bridgehead atoms. The third-order valence-electron chi connectivity index (χ3n) is 2.75. The zero-order valence-electron chi connectivity index (χ0n) is 9.37. The van der Waals surface area contributed by atoms with E-state index in [2.05, 4.69) is 10.00 Å². The first-order valence-corrected chi connectivity index (χ1v) is 5.46. The molecule has 1 aromatic heterocycles. The molecule has 0 saturated carbocycles. The molecular formula is C10H15N3O4. The number of hydrogen-bond donors (Lipinski definition) is 2. The molecule has 94 valence electrons. The number of aromatic carboxylic acids is 1. The minimum atomic E-state index is -1.16. The van der Waals surface area contributed by atoms with Crippen molar-refractivity contribution in [3.05, 3.63) is 11.9 Å². The summed E-state index contributed by atoms with van der Waals surface area (Å²) < 4.78 is 6.53. The van der Waals surface area contributed by atoms with Gasteiger partial charge in [0, 0.05) is 19.6 Å². The van der Waals surface area contributed by atoms with Crippen LogP contribution in [0, 0.1) is 0 Å². The average Bonchev–Trinajstić information content (AvgIpc) is 2.69. The first kappa shape index (κ1) is 11.9. The van der Waals surface area contributed by atoms with Gasteiger partial charge in [0.1, 0.15) is 0 Å². The number of rotatable bonds is 4. The van der Waals surface area contributed by atoms with E-state index in [-0.39, 0.29) is 11.4 Å². The standard InChI is InChI=1S/C10H15N3O4/c14-8-7-11-13(9(8)10(15)16)2-1-12-3-5-17-6-4-12/h7,14H,1-6H2,(H,15,16). The normalized spacial score (nSPS) is 17.2. The fourth-order valence-electron chi connectivity index (χ4n) is 1.83. The van der Waals surface area contributed by atoms with Crippen LogP contribution >= 0.6 is 0 Å². The fraction of sp³-hybridized carbons (Fsp3) is 0.600. The summed E-state index contributed by atoms with van der Waals surface area (Å²) in [7, 11) is 0. The van der Waals surface area contributed by atoms with Crippen molar-refractivity contribution in [2.24, 2.45) is 0 Å². The van der Waals surface area contributed by atoms with E-state index < -0.39 is 5.97 Å². The summed E-state index contributed by atoms with van der Waals surface area (Å²) in [6.45, 7) is 4.24. The van der Waals surface area contributed by atoms with Crippen molar-refractivity contribution in [3.8, 4) is 5.75 Å². The second-order valence-corrected chi connectivity index (χ2v) is 3.86. The van der Waals surface area contributed by atoms with E-state index in [1.54, 1.807) is 0 Å². The van der Waals surface area contributed by atoms with Gasteiger partial charge in [-0.25, -0.2) is 4.79 Å². The van der Waals surface area contributed by atoms with Gasteiger partial charge >= 0.3 is 5.97 Å². The summed E-state index contributed by atoms with van der Waals surface area (Å²) in [6.07, 6.45) is 1.16. The van der Waals surface area contributed by atoms with Gasteiger partial charge in [-0.2, -0.15) is 5.10 Å². The molecule has 7 nitrogen and oxygen atoms in total. The summed E-state index contributed by atoms with van der Waals surface area (Å²) in [5, 5.41) is 22.1. The lowest BCUT2D eigenvalue weighted by molar-refractivity contribution is 0.0356. The number of morpholine rings is 1. The van der Waals surface area contributed by atoms with Gasteiger partial charge < -0.3 is 14.9 Å². The molecule has 1 saturated heterocycles. The lowest BCUT2D eigenvalue weighted by atomic mass is 10.4. The smallest absolute Gasteiger partial charge is 0.358 e. The molecule has 0 amide bonds. The molecule has 0 spiro atoms. The zero-order valence-corrected chi connectivity index (χ0v) is 9.37. The highest BCUT2D eigenvalue weighted by Gasteiger charge is 2.18. The predicted molar refractivity (Wildman–Crippen MR) is 58.1 cm³/mol. The van der Waals surface area contributed by atoms with Gasteiger partial charge in [-0.1, -0.05) is 0 Å². The summed E-state index contributed by atoms with van der Waals surface area (Å²) in [5.74, 6) is -1.46. The third kappa shape index (κ3) is 2.75. The molecule has 0 aromatic carbocycles. The number of aromatic nitrogens is 2. The van der Waals surface area contributed by atoms with Gasteiger partial charge in [0.2, 0.25) is 0 Å². The van der Waals surface area contributed by atoms with Crippen LogP contribution in [0.2, 0.25) is 0 Å². The number of carbonyl (C=O) groups is 1. The SMILES string of the molecule is O=C(O)c1c(O)cnn1CCN1CCOCC1. The van der Waals surface area contributed by atoms with Crippen molar-refractivity contribution in [3.63, 3.8) is 0 Å². The molecule has 1 fully saturated rings. The van der Waals surface area contributed by atoms with Crippen LogP contribution in [-0.2, 0) is 11.3 Å². The summed E-state index contributed by atoms with van der Waals surface area (Å²) in [6, 6.07) is 0. The Kier molecular flexibility index (Phi) is 3.60. The van der Waals surface area contributed by atoms with E-state index >= 15 is 0 Å². The number of carboxylic acid groups (broad SMARTS) is 1. The first-order valence-electron chi connectivity index (χ1n) is 5.46. The Balaban J connectivity index is 1.96. The van der Waals surface area contributed by atoms with Crippen molar-refractivity contribution >= 4 is 5.97 Å². The van der Waals surface area contributed by atoms with Crippen LogP contribution in [0.15, 0.2) is 6.20 Å². The largest absolute Gasteiger partial charge is 0.504 e. The number of aromatic hydroxyl groups is 1. The molecule has 1 aromatic rings. The number of hydrogen-bond acceptors (Lipinski definition) is 5. The van der Waals surface area contributed by atoms with Crippen LogP contribution < -0.4 is 0 Å². The van der Waals surface area contributed by atoms with E-state index in [1.165, 1.54) is 4.68 Å². The predicted octanol–water partition coefficient (Wildman–Crippen LogP) is -0.381. The Labute approximate surface area is 98.2 Å². The molecule has 0 atom stereocenters. The number of nitrogens with zero attached hydrogens (tertiary/aromatic N) is 3. The van der Waals surface area contributed by atoms with Gasteiger partial charge in [0.05, 0.1) is 26.0 Å². The zero-order chi connectivity index (χ0) is 12.3. The van der Waals surface area contributed by atoms with Gasteiger partial charge in [-0.15, -0.1) is 0 Å². The van der Waals surface area contributed by atoms with Gasteiger partial charge in [-0.3, -0.25) is 9.58 Å². The van der Waals surface area contributed by atoms with Crippen LogP contribution in [0.25, 0.3) is 0 Å². The summed E-state index contributed by atoms with van der Waals surface area (Å²) in [5.41, 5.74) is -0.154. The number of ether oxygens (including phenoxy) is 1. The maximum absolute atomic E-state index is 10.9. The van der Waals surface area contributed by atoms with Crippen molar-refractivity contribution in [2.75, 3.05) is 32.8 Å². The Hall–Kier alpha value is -1.60. The molecule has 2 rings (SSSR count). The summed E-state index contributed by atoms with van der Waals surface area (Å²) >= 11 is 0. The molecular weight excluding hydrogens is 226 g/mol. The van der Waals surface area contributed by atoms with E-state index in [0.717, 1.165) is 19.3 Å². The molecule has 1 aliphatic rings. The van der Waals surface area contributed by atoms with Gasteiger partial charge in [-0.05, 0) is 0 Å². The molecule has 0 radical (unpaired) electrons. The second-order valence-electron chi connectivity index (χ2n) is 3.86. The van der Waals surface area contributed by atoms with Crippen LogP contribution in [-0.4, -0.2) is 63.7 Å². The lowest BCUT2D eigenvalue weighted by Crippen LogP contribution is -2.38. The van der Waals surface area contributed by atoms with Gasteiger partial charge in [0.25, 0.3) is 0 Å². The quantitative estimate of drug-likeness (QED) is 0.747. The van der Waals surface area contributed by atoms with Crippen LogP contribution in [0.5, 0.6) is 5.75 Å². The lowest BCUT2D eigenvalue weighted by Gasteiger charge is -2.26. The topological polar surface area (TPSA) is 87.8 Å². The fourth-order valence-corrected chi connectivity index (χ4v) is 1.83. The summed E-state index contributed by atoms with van der Waals surface area (Å²) in [4.78, 5) is 13.1. The first-order chi connectivity index (χ1) is 8.18. The molecule has 2 N–H and O–H groups in total. The minimum Gasteiger partial charge on any atom is -0.504 e. The Morgan fingerprint density at radius 1 is 1.41 bits per heavy atom. The van der Waals surface area contributed by atoms with E-state index in [9.17, 15) is 9.90 Å². The maximum atomic E-state index is 10.9. The Morgan fingerprint density at radius 3 is 2.76 bits per heavy atom. The minimum absolute atomic E-state index is 0.154. The third-order valence-corrected chi connectivity index (χ3v) is 2.75. The van der Waals surface area contributed by atoms with Crippen molar-refractivity contribution < 1.29 is 19.7 Å². The Morgan fingerprint density at radius 2 is 2.12 bits per heavy atom. The monoisotopic (exact) mass is 241 g/mol. The number of carboxylic acids is 1. The molecule has 1 aliphatic heterocycles. The van der Waals surface area contributed by atoms with Crippen molar-refractivity contribution in [2.45, 2.75) is 6.54 Å². The molecule has 0 unspecified atom stereocenters.